The van der Waals surface area contributed by atoms with E-state index in [9.17, 15) is 14.7 Å². The van der Waals surface area contributed by atoms with Crippen LogP contribution >= 0.6 is 0 Å². The van der Waals surface area contributed by atoms with Gasteiger partial charge in [-0.05, 0) is 173 Å². The van der Waals surface area contributed by atoms with Crippen LogP contribution in [0.3, 0.4) is 0 Å². The second kappa shape index (κ2) is 80.7. The van der Waals surface area contributed by atoms with Gasteiger partial charge in [-0.15, -0.1) is 0 Å². The Hall–Kier alpha value is -6.56. The Morgan fingerprint density at radius 1 is 0.245 bits per heavy atom. The van der Waals surface area contributed by atoms with Crippen LogP contribution in [-0.2, 0) is 19.1 Å². The highest BCUT2D eigenvalue weighted by Gasteiger charge is 2.16. The van der Waals surface area contributed by atoms with Gasteiger partial charge in [0.05, 0.1) is 6.61 Å². The van der Waals surface area contributed by atoms with E-state index in [2.05, 4.69) is 269 Å². The van der Waals surface area contributed by atoms with E-state index >= 15 is 0 Å². The molecular weight excluding hydrogens is 1150 g/mol. The van der Waals surface area contributed by atoms with Crippen LogP contribution in [0.4, 0.5) is 0 Å². The molecule has 0 saturated carbocycles. The van der Waals surface area contributed by atoms with Gasteiger partial charge in [-0.1, -0.05) is 340 Å². The minimum absolute atomic E-state index is 0.0911. The second-order valence-electron chi connectivity index (χ2n) is 23.6. The molecule has 0 saturated heterocycles. The maximum Gasteiger partial charge on any atom is 0.306 e. The van der Waals surface area contributed by atoms with Gasteiger partial charge in [-0.25, -0.2) is 0 Å². The Labute approximate surface area is 578 Å². The molecule has 0 fully saturated rings. The molecule has 94 heavy (non-hydrogen) atoms. The van der Waals surface area contributed by atoms with Gasteiger partial charge in [-0.2, -0.15) is 0 Å². The number of rotatable bonds is 65. The summed E-state index contributed by atoms with van der Waals surface area (Å²) >= 11 is 0. The average molecular weight is 1280 g/mol. The summed E-state index contributed by atoms with van der Waals surface area (Å²) in [6.07, 6.45) is 134. The quantitative estimate of drug-likeness (QED) is 0.0373. The first-order chi connectivity index (χ1) is 46.6. The minimum Gasteiger partial charge on any atom is -0.462 e. The predicted molar refractivity (Wildman–Crippen MR) is 416 cm³/mol. The molecule has 0 aromatic heterocycles. The lowest BCUT2D eigenvalue weighted by atomic mass is 10.1. The zero-order chi connectivity index (χ0) is 67.5. The highest BCUT2D eigenvalue weighted by Crippen LogP contribution is 2.14. The van der Waals surface area contributed by atoms with E-state index in [1.807, 2.05) is 0 Å². The molecule has 1 N–H and O–H groups in total. The fourth-order valence-corrected chi connectivity index (χ4v) is 9.35. The monoisotopic (exact) mass is 1280 g/mol. The summed E-state index contributed by atoms with van der Waals surface area (Å²) < 4.78 is 10.7. The van der Waals surface area contributed by atoms with Crippen molar-refractivity contribution in [2.24, 2.45) is 0 Å². The summed E-state index contributed by atoms with van der Waals surface area (Å²) in [5.74, 6) is -0.630. The molecule has 520 valence electrons. The van der Waals surface area contributed by atoms with Gasteiger partial charge in [0.2, 0.25) is 0 Å². The average Bonchev–Trinajstić information content (AvgIpc) is 3.77. The molecule has 0 heterocycles. The smallest absolute Gasteiger partial charge is 0.306 e. The van der Waals surface area contributed by atoms with Crippen molar-refractivity contribution >= 4 is 11.9 Å². The molecule has 1 atom stereocenters. The number of allylic oxidation sites excluding steroid dienone is 42. The molecule has 0 spiro atoms. The fourth-order valence-electron chi connectivity index (χ4n) is 9.35. The SMILES string of the molecule is CC/C=C\C/C=C\C/C=C\C/C=C\C/C=C\C/C=C\C/C=C\C/C=C\C/C=C\C/C=C\C/C=C\CCCCCCCCCC(=O)OC(CO)COC(=O)CCCCCCCCCC/C=C\C/C=C\C/C=C\C/C=C\C/C=C\C/C=C\C/C=C\C/C=C\C/C=C\C/C=C\CC. The highest BCUT2D eigenvalue weighted by molar-refractivity contribution is 5.70. The van der Waals surface area contributed by atoms with Crippen LogP contribution in [0.2, 0.25) is 0 Å². The minimum atomic E-state index is -0.804. The summed E-state index contributed by atoms with van der Waals surface area (Å²) in [5, 5.41) is 9.72. The van der Waals surface area contributed by atoms with Gasteiger partial charge in [0.1, 0.15) is 6.61 Å². The van der Waals surface area contributed by atoms with Gasteiger partial charge in [-0.3, -0.25) is 9.59 Å². The summed E-state index contributed by atoms with van der Waals surface area (Å²) in [6, 6.07) is 0. The number of unbranched alkanes of at least 4 members (excludes halogenated alkanes) is 15. The Kier molecular flexibility index (Phi) is 75.0. The lowest BCUT2D eigenvalue weighted by Crippen LogP contribution is -2.28. The summed E-state index contributed by atoms with van der Waals surface area (Å²) in [4.78, 5) is 24.7. The Morgan fingerprint density at radius 3 is 0.638 bits per heavy atom. The molecule has 1 unspecified atom stereocenters. The van der Waals surface area contributed by atoms with Crippen LogP contribution in [0.15, 0.2) is 255 Å². The zero-order valence-corrected chi connectivity index (χ0v) is 59.6. The van der Waals surface area contributed by atoms with Crippen LogP contribution in [0.5, 0.6) is 0 Å². The molecule has 0 aliphatic heterocycles. The van der Waals surface area contributed by atoms with Crippen molar-refractivity contribution in [3.05, 3.63) is 255 Å². The van der Waals surface area contributed by atoms with Gasteiger partial charge in [0, 0.05) is 12.8 Å². The maximum absolute atomic E-state index is 12.4. The lowest BCUT2D eigenvalue weighted by molar-refractivity contribution is -0.161. The van der Waals surface area contributed by atoms with Crippen LogP contribution in [0.1, 0.15) is 271 Å². The van der Waals surface area contributed by atoms with E-state index in [4.69, 9.17) is 9.47 Å². The number of carbonyl (C=O) groups is 2. The topological polar surface area (TPSA) is 72.8 Å². The third-order valence-electron chi connectivity index (χ3n) is 14.8. The van der Waals surface area contributed by atoms with Crippen LogP contribution in [-0.4, -0.2) is 36.4 Å². The standard InChI is InChI=1S/C89H134O5/c1-3-5-7-9-11-13-15-17-19-21-23-25-27-29-31-33-35-37-39-41-43-44-46-48-50-52-54-56-58-60-62-64-66-68-70-72-74-76-78-80-82-84-89(92)94-87(85-90)86-93-88(91)83-81-79-77-75-73-71-69-67-65-63-61-59-57-55-53-51-49-47-45-42-40-38-36-34-32-30-28-26-24-22-20-18-16-14-12-10-8-6-4-2/h5-8,11-14,17-20,23-26,29-32,35-38,41-43,45-46,48-49,51-52,54-55,57-58,60-61,63-64,66,87,90H,3-4,9-10,15-16,21-22,27-28,33-34,39-40,44,47,50,53,56,59,62,65,67-86H2,1-2H3/b7-5-,8-6-,13-11-,14-12-,19-17-,20-18-,25-23-,26-24-,31-29-,32-30-,37-35-,38-36-,43-41-,45-42-,48-46-,51-49-,54-52-,57-55-,60-58-,63-61-,66-64-. The lowest BCUT2D eigenvalue weighted by Gasteiger charge is -2.15. The molecule has 0 rings (SSSR count). The second-order valence-corrected chi connectivity index (χ2v) is 23.6. The molecule has 0 bridgehead atoms. The summed E-state index contributed by atoms with van der Waals surface area (Å²) in [6.45, 7) is 3.88. The molecular formula is C89H134O5. The van der Waals surface area contributed by atoms with Crippen molar-refractivity contribution in [1.82, 2.24) is 0 Å². The molecule has 0 aliphatic rings. The molecule has 0 aromatic rings. The number of aliphatic hydroxyl groups is 1. The number of hydrogen-bond acceptors (Lipinski definition) is 5. The summed E-state index contributed by atoms with van der Waals surface area (Å²) in [5.41, 5.74) is 0. The molecule has 0 aliphatic carbocycles. The first-order valence-electron chi connectivity index (χ1n) is 37.2. The van der Waals surface area contributed by atoms with E-state index in [1.165, 1.54) is 57.8 Å². The molecule has 0 radical (unpaired) electrons. The molecule has 5 heteroatoms. The van der Waals surface area contributed by atoms with E-state index in [-0.39, 0.29) is 25.2 Å². The summed E-state index contributed by atoms with van der Waals surface area (Å²) in [7, 11) is 0. The number of carbonyl (C=O) groups excluding carboxylic acids is 2. The van der Waals surface area contributed by atoms with E-state index < -0.39 is 6.10 Å². The zero-order valence-electron chi connectivity index (χ0n) is 59.6. The predicted octanol–water partition coefficient (Wildman–Crippen LogP) is 26.8. The van der Waals surface area contributed by atoms with Crippen molar-refractivity contribution in [1.29, 1.82) is 0 Å². The number of hydrogen-bond donors (Lipinski definition) is 1. The van der Waals surface area contributed by atoms with Crippen molar-refractivity contribution in [2.75, 3.05) is 13.2 Å². The maximum atomic E-state index is 12.4. The molecule has 5 nitrogen and oxygen atoms in total. The first kappa shape index (κ1) is 87.4. The normalized spacial score (nSPS) is 13.8. The van der Waals surface area contributed by atoms with E-state index in [0.29, 0.717) is 12.8 Å². The third-order valence-corrected chi connectivity index (χ3v) is 14.8. The highest BCUT2D eigenvalue weighted by atomic mass is 16.6. The van der Waals surface area contributed by atoms with Crippen molar-refractivity contribution in [3.63, 3.8) is 0 Å². The van der Waals surface area contributed by atoms with Gasteiger partial charge in [0.25, 0.3) is 0 Å². The molecule has 0 aromatic carbocycles. The van der Waals surface area contributed by atoms with E-state index in [1.54, 1.807) is 0 Å². The third kappa shape index (κ3) is 77.9. The van der Waals surface area contributed by atoms with Gasteiger partial charge < -0.3 is 14.6 Å². The van der Waals surface area contributed by atoms with Gasteiger partial charge in [0.15, 0.2) is 6.10 Å². The number of esters is 2. The number of ether oxygens (including phenoxy) is 2. The van der Waals surface area contributed by atoms with Crippen LogP contribution < -0.4 is 0 Å². The fraction of sp³-hybridized carbons (Fsp3) is 0.506. The van der Waals surface area contributed by atoms with Crippen molar-refractivity contribution < 1.29 is 24.2 Å². The van der Waals surface area contributed by atoms with Crippen LogP contribution in [0.25, 0.3) is 0 Å². The van der Waals surface area contributed by atoms with Crippen LogP contribution in [0, 0.1) is 0 Å². The van der Waals surface area contributed by atoms with Crippen molar-refractivity contribution in [3.8, 4) is 0 Å². The Morgan fingerprint density at radius 2 is 0.426 bits per heavy atom. The van der Waals surface area contributed by atoms with Gasteiger partial charge >= 0.3 is 11.9 Å². The Bertz CT molecular complexity index is 2350. The number of aliphatic hydroxyl groups excluding tert-OH is 1. The Balaban J connectivity index is 3.66. The largest absolute Gasteiger partial charge is 0.462 e. The van der Waals surface area contributed by atoms with Crippen molar-refractivity contribution in [2.45, 2.75) is 277 Å². The van der Waals surface area contributed by atoms with E-state index in [0.717, 1.165) is 186 Å². The molecule has 0 amide bonds. The first-order valence-corrected chi connectivity index (χ1v) is 37.2.